The van der Waals surface area contributed by atoms with Crippen molar-refractivity contribution < 1.29 is 17.9 Å². The van der Waals surface area contributed by atoms with Crippen molar-refractivity contribution in [2.24, 2.45) is 11.7 Å². The van der Waals surface area contributed by atoms with Crippen LogP contribution in [0.15, 0.2) is 18.2 Å². The lowest BCUT2D eigenvalue weighted by Gasteiger charge is -2.20. The highest BCUT2D eigenvalue weighted by Crippen LogP contribution is 2.29. The first-order valence-electron chi connectivity index (χ1n) is 6.27. The zero-order valence-corrected chi connectivity index (χ0v) is 11.7. The Morgan fingerprint density at radius 3 is 2.40 bits per heavy atom. The van der Waals surface area contributed by atoms with Gasteiger partial charge in [0.2, 0.25) is 0 Å². The molecule has 0 aliphatic heterocycles. The first kappa shape index (κ1) is 16.3. The summed E-state index contributed by atoms with van der Waals surface area (Å²) in [5, 5.41) is 7.01. The molecule has 0 heterocycles. The van der Waals surface area contributed by atoms with E-state index < -0.39 is 24.5 Å². The number of alkyl halides is 3. The van der Waals surface area contributed by atoms with Gasteiger partial charge in [0.1, 0.15) is 24.1 Å². The first-order chi connectivity index (χ1) is 9.12. The molecule has 0 saturated carbocycles. The number of halogens is 3. The normalized spacial score (nSPS) is 13.3. The van der Waals surface area contributed by atoms with Crippen LogP contribution in [0.4, 0.5) is 13.2 Å². The van der Waals surface area contributed by atoms with Gasteiger partial charge in [0.15, 0.2) is 0 Å². The zero-order chi connectivity index (χ0) is 15.5. The number of aryl methyl sites for hydroxylation is 1. The van der Waals surface area contributed by atoms with E-state index in [4.69, 9.17) is 15.9 Å². The predicted molar refractivity (Wildman–Crippen MR) is 72.2 cm³/mol. The third-order valence-electron chi connectivity index (χ3n) is 3.05. The van der Waals surface area contributed by atoms with E-state index in [1.165, 1.54) is 0 Å². The third-order valence-corrected chi connectivity index (χ3v) is 3.05. The Morgan fingerprint density at radius 1 is 1.35 bits per heavy atom. The quantitative estimate of drug-likeness (QED) is 0.642. The number of hydrogen-bond acceptors (Lipinski definition) is 2. The Balaban J connectivity index is 2.88. The summed E-state index contributed by atoms with van der Waals surface area (Å²) in [6, 6.07) is 5.45. The number of nitrogens with one attached hydrogen (secondary N) is 1. The van der Waals surface area contributed by atoms with Crippen molar-refractivity contribution in [3.05, 3.63) is 29.3 Å². The summed E-state index contributed by atoms with van der Waals surface area (Å²) in [5.74, 6) is -2.37. The van der Waals surface area contributed by atoms with Gasteiger partial charge in [-0.15, -0.1) is 0 Å². The summed E-state index contributed by atoms with van der Waals surface area (Å²) in [5.41, 5.74) is 6.72. The van der Waals surface area contributed by atoms with Gasteiger partial charge < -0.3 is 10.5 Å². The molecule has 0 radical (unpaired) electrons. The molecule has 112 valence electrons. The van der Waals surface area contributed by atoms with Gasteiger partial charge in [0.05, 0.1) is 0 Å². The Labute approximate surface area is 116 Å². The van der Waals surface area contributed by atoms with E-state index in [0.717, 1.165) is 11.1 Å². The van der Waals surface area contributed by atoms with E-state index in [0.29, 0.717) is 5.75 Å². The monoisotopic (exact) mass is 288 g/mol. The molecule has 0 fully saturated rings. The van der Waals surface area contributed by atoms with Gasteiger partial charge in [-0.2, -0.15) is 13.2 Å². The second-order valence-electron chi connectivity index (χ2n) is 5.04. The van der Waals surface area contributed by atoms with Crippen molar-refractivity contribution >= 4 is 5.84 Å². The highest BCUT2D eigenvalue weighted by molar-refractivity contribution is 5.80. The molecule has 0 saturated heterocycles. The molecule has 0 aliphatic carbocycles. The summed E-state index contributed by atoms with van der Waals surface area (Å²) < 4.78 is 43.3. The van der Waals surface area contributed by atoms with Gasteiger partial charge in [-0.1, -0.05) is 26.0 Å². The summed E-state index contributed by atoms with van der Waals surface area (Å²) in [7, 11) is 0. The van der Waals surface area contributed by atoms with Crippen LogP contribution in [0.1, 0.15) is 30.9 Å². The molecule has 3 N–H and O–H groups in total. The third kappa shape index (κ3) is 4.15. The fourth-order valence-electron chi connectivity index (χ4n) is 1.67. The lowest BCUT2D eigenvalue weighted by atomic mass is 10.0. The van der Waals surface area contributed by atoms with Gasteiger partial charge in [-0.25, -0.2) is 0 Å². The lowest BCUT2D eigenvalue weighted by Crippen LogP contribution is -2.39. The minimum absolute atomic E-state index is 0.254. The predicted octanol–water partition coefficient (Wildman–Crippen LogP) is 3.61. The largest absolute Gasteiger partial charge is 0.492 e. The Kier molecular flexibility index (Phi) is 5.03. The van der Waals surface area contributed by atoms with Crippen LogP contribution in [0.3, 0.4) is 0 Å². The highest BCUT2D eigenvalue weighted by Gasteiger charge is 2.42. The molecule has 0 amide bonds. The number of amidine groups is 1. The Bertz CT molecular complexity index is 484. The van der Waals surface area contributed by atoms with Crippen molar-refractivity contribution in [2.45, 2.75) is 32.9 Å². The molecule has 0 spiro atoms. The maximum atomic E-state index is 12.7. The van der Waals surface area contributed by atoms with E-state index in [2.05, 4.69) is 0 Å². The van der Waals surface area contributed by atoms with Crippen molar-refractivity contribution in [1.29, 1.82) is 5.41 Å². The number of ether oxygens (including phenoxy) is 1. The van der Waals surface area contributed by atoms with E-state index in [1.54, 1.807) is 19.1 Å². The van der Waals surface area contributed by atoms with Crippen LogP contribution in [0.5, 0.6) is 5.75 Å². The van der Waals surface area contributed by atoms with Crippen molar-refractivity contribution in [1.82, 2.24) is 0 Å². The lowest BCUT2D eigenvalue weighted by molar-refractivity contribution is -0.162. The van der Waals surface area contributed by atoms with E-state index in [9.17, 15) is 13.2 Å². The van der Waals surface area contributed by atoms with Gasteiger partial charge in [-0.05, 0) is 30.0 Å². The molecule has 0 bridgehead atoms. The summed E-state index contributed by atoms with van der Waals surface area (Å²) in [4.78, 5) is 0. The van der Waals surface area contributed by atoms with Crippen LogP contribution >= 0.6 is 0 Å². The molecule has 1 atom stereocenters. The average molecular weight is 288 g/mol. The van der Waals surface area contributed by atoms with Gasteiger partial charge >= 0.3 is 6.18 Å². The molecule has 0 aliphatic rings. The standard InChI is InChI=1S/C14H19F3N2O/c1-8(2)10-5-4-9(3)12(6-10)20-7-11(13(18)19)14(15,16)17/h4-6,8,11H,7H2,1-3H3,(H3,18,19). The second-order valence-corrected chi connectivity index (χ2v) is 5.04. The molecule has 1 rings (SSSR count). The number of nitrogens with two attached hydrogens (primary N) is 1. The van der Waals surface area contributed by atoms with Crippen LogP contribution < -0.4 is 10.5 Å². The fourth-order valence-corrected chi connectivity index (χ4v) is 1.67. The fraction of sp³-hybridized carbons (Fsp3) is 0.500. The molecule has 3 nitrogen and oxygen atoms in total. The maximum absolute atomic E-state index is 12.7. The summed E-state index contributed by atoms with van der Waals surface area (Å²) in [6.45, 7) is 5.06. The van der Waals surface area contributed by atoms with Crippen LogP contribution in [0, 0.1) is 18.3 Å². The number of hydrogen-bond donors (Lipinski definition) is 2. The Morgan fingerprint density at radius 2 is 1.95 bits per heavy atom. The first-order valence-corrected chi connectivity index (χ1v) is 6.27. The number of benzene rings is 1. The van der Waals surface area contributed by atoms with E-state index in [-0.39, 0.29) is 5.92 Å². The van der Waals surface area contributed by atoms with Crippen LogP contribution in [0.2, 0.25) is 0 Å². The minimum Gasteiger partial charge on any atom is -0.492 e. The van der Waals surface area contributed by atoms with Gasteiger partial charge in [0.25, 0.3) is 0 Å². The summed E-state index contributed by atoms with van der Waals surface area (Å²) >= 11 is 0. The summed E-state index contributed by atoms with van der Waals surface area (Å²) in [6.07, 6.45) is -4.57. The van der Waals surface area contributed by atoms with Crippen molar-refractivity contribution in [3.8, 4) is 5.75 Å². The number of rotatable bonds is 5. The zero-order valence-electron chi connectivity index (χ0n) is 11.7. The van der Waals surface area contributed by atoms with Gasteiger partial charge in [0, 0.05) is 0 Å². The molecule has 6 heteroatoms. The van der Waals surface area contributed by atoms with Crippen LogP contribution in [-0.2, 0) is 0 Å². The molecule has 1 aromatic carbocycles. The maximum Gasteiger partial charge on any atom is 0.401 e. The molecular formula is C14H19F3N2O. The van der Waals surface area contributed by atoms with Crippen LogP contribution in [0.25, 0.3) is 0 Å². The smallest absolute Gasteiger partial charge is 0.401 e. The topological polar surface area (TPSA) is 59.1 Å². The van der Waals surface area contributed by atoms with E-state index in [1.807, 2.05) is 19.9 Å². The molecular weight excluding hydrogens is 269 g/mol. The second kappa shape index (κ2) is 6.15. The molecule has 0 aromatic heterocycles. The molecule has 20 heavy (non-hydrogen) atoms. The SMILES string of the molecule is Cc1ccc(C(C)C)cc1OCC(C(=N)N)C(F)(F)F. The highest BCUT2D eigenvalue weighted by atomic mass is 19.4. The molecule has 1 aromatic rings. The van der Waals surface area contributed by atoms with Crippen molar-refractivity contribution in [2.75, 3.05) is 6.61 Å². The van der Waals surface area contributed by atoms with Crippen molar-refractivity contribution in [3.63, 3.8) is 0 Å². The average Bonchev–Trinajstić information content (AvgIpc) is 2.28. The molecule has 1 unspecified atom stereocenters. The Hall–Kier alpha value is -1.72. The van der Waals surface area contributed by atoms with Gasteiger partial charge in [-0.3, -0.25) is 5.41 Å². The minimum atomic E-state index is -4.57. The van der Waals surface area contributed by atoms with Crippen LogP contribution in [-0.4, -0.2) is 18.6 Å². The van der Waals surface area contributed by atoms with E-state index >= 15 is 0 Å².